The number of ether oxygens (including phenoxy) is 1. The second kappa shape index (κ2) is 5.86. The Balaban J connectivity index is 1.99. The van der Waals surface area contributed by atoms with E-state index >= 15 is 0 Å². The molecule has 0 bridgehead atoms. The number of nitrogens with two attached hydrogens (primary N) is 1. The van der Waals surface area contributed by atoms with Gasteiger partial charge in [-0.3, -0.25) is 9.89 Å². The van der Waals surface area contributed by atoms with Gasteiger partial charge in [0.25, 0.3) is 5.91 Å². The van der Waals surface area contributed by atoms with Crippen LogP contribution < -0.4 is 10.5 Å². The number of amides is 1. The largest absolute Gasteiger partial charge is 0.493 e. The van der Waals surface area contributed by atoms with Crippen molar-refractivity contribution >= 4 is 5.91 Å². The highest BCUT2D eigenvalue weighted by molar-refractivity contribution is 5.91. The Morgan fingerprint density at radius 2 is 1.95 bits per heavy atom. The van der Waals surface area contributed by atoms with Crippen LogP contribution in [0.3, 0.4) is 0 Å². The second-order valence-electron chi connectivity index (χ2n) is 4.27. The summed E-state index contributed by atoms with van der Waals surface area (Å²) in [5.41, 5.74) is 6.46. The quantitative estimate of drug-likeness (QED) is 0.890. The third-order valence-electron chi connectivity index (χ3n) is 2.65. The molecule has 0 saturated carbocycles. The van der Waals surface area contributed by atoms with E-state index in [1.807, 2.05) is 0 Å². The molecule has 2 rings (SSSR count). The van der Waals surface area contributed by atoms with Gasteiger partial charge in [0.15, 0.2) is 0 Å². The molecule has 1 heterocycles. The molecule has 8 heteroatoms. The van der Waals surface area contributed by atoms with Gasteiger partial charge in [-0.1, -0.05) is 0 Å². The lowest BCUT2D eigenvalue weighted by atomic mass is 10.1. The summed E-state index contributed by atoms with van der Waals surface area (Å²) in [5.74, 6) is -0.297. The molecular weight excluding hydrogens is 287 g/mol. The molecule has 0 fully saturated rings. The summed E-state index contributed by atoms with van der Waals surface area (Å²) in [6.07, 6.45) is -5.24. The molecule has 0 radical (unpaired) electrons. The molecule has 0 unspecified atom stereocenters. The van der Waals surface area contributed by atoms with Crippen molar-refractivity contribution in [3.8, 4) is 17.0 Å². The van der Waals surface area contributed by atoms with Crippen LogP contribution in [-0.2, 0) is 0 Å². The summed E-state index contributed by atoms with van der Waals surface area (Å²) < 4.78 is 40.9. The van der Waals surface area contributed by atoms with E-state index in [0.717, 1.165) is 0 Å². The first kappa shape index (κ1) is 14.9. The fourth-order valence-electron chi connectivity index (χ4n) is 1.60. The van der Waals surface area contributed by atoms with Crippen LogP contribution in [0.2, 0.25) is 0 Å². The number of aromatic amines is 1. The van der Waals surface area contributed by atoms with Crippen molar-refractivity contribution in [1.82, 2.24) is 10.2 Å². The van der Waals surface area contributed by atoms with E-state index < -0.39 is 25.1 Å². The van der Waals surface area contributed by atoms with Crippen molar-refractivity contribution in [1.29, 1.82) is 0 Å². The van der Waals surface area contributed by atoms with Crippen LogP contribution in [0.25, 0.3) is 11.3 Å². The topological polar surface area (TPSA) is 81.0 Å². The smallest absolute Gasteiger partial charge is 0.392 e. The minimum atomic E-state index is -4.24. The van der Waals surface area contributed by atoms with Crippen LogP contribution in [0.5, 0.6) is 5.75 Å². The van der Waals surface area contributed by atoms with Crippen molar-refractivity contribution < 1.29 is 22.7 Å². The van der Waals surface area contributed by atoms with Gasteiger partial charge >= 0.3 is 6.18 Å². The minimum absolute atomic E-state index is 0.176. The number of H-pyrrole nitrogens is 1. The third kappa shape index (κ3) is 4.23. The fourth-order valence-corrected chi connectivity index (χ4v) is 1.60. The number of benzene rings is 1. The summed E-state index contributed by atoms with van der Waals surface area (Å²) in [6, 6.07) is 7.81. The molecule has 1 amide bonds. The number of nitrogens with one attached hydrogen (secondary N) is 1. The normalized spacial score (nSPS) is 11.4. The van der Waals surface area contributed by atoms with E-state index in [4.69, 9.17) is 10.5 Å². The molecule has 3 N–H and O–H groups in total. The molecule has 21 heavy (non-hydrogen) atoms. The number of carbonyl (C=O) groups is 1. The Morgan fingerprint density at radius 3 is 2.48 bits per heavy atom. The molecule has 0 atom stereocenters. The Labute approximate surface area is 117 Å². The SMILES string of the molecule is NC(=O)c1cc(-c2ccc(OCCC(F)(F)F)cc2)n[nH]1. The Bertz CT molecular complexity index is 620. The van der Waals surface area contributed by atoms with Gasteiger partial charge in [0, 0.05) is 5.56 Å². The fraction of sp³-hybridized carbons (Fsp3) is 0.231. The van der Waals surface area contributed by atoms with E-state index in [0.29, 0.717) is 17.0 Å². The molecule has 0 spiro atoms. The lowest BCUT2D eigenvalue weighted by Crippen LogP contribution is -2.12. The average molecular weight is 299 g/mol. The van der Waals surface area contributed by atoms with Gasteiger partial charge in [-0.15, -0.1) is 0 Å². The number of alkyl halides is 3. The maximum absolute atomic E-state index is 12.0. The highest BCUT2D eigenvalue weighted by Crippen LogP contribution is 2.23. The maximum atomic E-state index is 12.0. The first-order valence-electron chi connectivity index (χ1n) is 6.00. The van der Waals surface area contributed by atoms with Crippen LogP contribution in [-0.4, -0.2) is 28.9 Å². The molecular formula is C13H12F3N3O2. The zero-order chi connectivity index (χ0) is 15.5. The van der Waals surface area contributed by atoms with Gasteiger partial charge in [0.1, 0.15) is 11.4 Å². The highest BCUT2D eigenvalue weighted by atomic mass is 19.4. The van der Waals surface area contributed by atoms with Crippen molar-refractivity contribution in [3.63, 3.8) is 0 Å². The van der Waals surface area contributed by atoms with E-state index in [2.05, 4.69) is 10.2 Å². The van der Waals surface area contributed by atoms with Gasteiger partial charge in [-0.25, -0.2) is 0 Å². The monoisotopic (exact) mass is 299 g/mol. The lowest BCUT2D eigenvalue weighted by Gasteiger charge is -2.08. The number of carbonyl (C=O) groups excluding carboxylic acids is 1. The van der Waals surface area contributed by atoms with Crippen LogP contribution >= 0.6 is 0 Å². The van der Waals surface area contributed by atoms with Gasteiger partial charge in [-0.05, 0) is 30.3 Å². The van der Waals surface area contributed by atoms with E-state index in [1.54, 1.807) is 12.1 Å². The molecule has 5 nitrogen and oxygen atoms in total. The molecule has 1 aromatic heterocycles. The Morgan fingerprint density at radius 1 is 1.29 bits per heavy atom. The van der Waals surface area contributed by atoms with Gasteiger partial charge in [-0.2, -0.15) is 18.3 Å². The first-order valence-corrected chi connectivity index (χ1v) is 6.00. The van der Waals surface area contributed by atoms with E-state index in [-0.39, 0.29) is 5.69 Å². The molecule has 0 aliphatic heterocycles. The molecule has 0 aliphatic carbocycles. The minimum Gasteiger partial charge on any atom is -0.493 e. The summed E-state index contributed by atoms with van der Waals surface area (Å²) in [4.78, 5) is 10.9. The van der Waals surface area contributed by atoms with Gasteiger partial charge < -0.3 is 10.5 Å². The maximum Gasteiger partial charge on any atom is 0.392 e. The second-order valence-corrected chi connectivity index (χ2v) is 4.27. The predicted octanol–water partition coefficient (Wildman–Crippen LogP) is 2.51. The van der Waals surface area contributed by atoms with Gasteiger partial charge in [0.05, 0.1) is 18.7 Å². The number of aromatic nitrogens is 2. The summed E-state index contributed by atoms with van der Waals surface area (Å²) in [7, 11) is 0. The van der Waals surface area contributed by atoms with Gasteiger partial charge in [0.2, 0.25) is 0 Å². The number of nitrogens with zero attached hydrogens (tertiary/aromatic N) is 1. The van der Waals surface area contributed by atoms with E-state index in [9.17, 15) is 18.0 Å². The number of primary amides is 1. The molecule has 0 saturated heterocycles. The molecule has 1 aromatic carbocycles. The standard InChI is InChI=1S/C13H12F3N3O2/c14-13(15,16)5-6-21-9-3-1-8(2-4-9)10-7-11(12(17)20)19-18-10/h1-4,7H,5-6H2,(H2,17,20)(H,18,19). The number of halogens is 3. The van der Waals surface area contributed by atoms with Crippen molar-refractivity contribution in [2.45, 2.75) is 12.6 Å². The molecule has 0 aliphatic rings. The van der Waals surface area contributed by atoms with Crippen LogP contribution in [0.1, 0.15) is 16.9 Å². The van der Waals surface area contributed by atoms with Crippen LogP contribution in [0.15, 0.2) is 30.3 Å². The number of hydrogen-bond donors (Lipinski definition) is 2. The lowest BCUT2D eigenvalue weighted by molar-refractivity contribution is -0.139. The van der Waals surface area contributed by atoms with Crippen LogP contribution in [0.4, 0.5) is 13.2 Å². The highest BCUT2D eigenvalue weighted by Gasteiger charge is 2.26. The van der Waals surface area contributed by atoms with Crippen molar-refractivity contribution in [2.24, 2.45) is 5.73 Å². The zero-order valence-electron chi connectivity index (χ0n) is 10.8. The summed E-state index contributed by atoms with van der Waals surface area (Å²) in [5, 5.41) is 6.40. The Hall–Kier alpha value is -2.51. The predicted molar refractivity (Wildman–Crippen MR) is 68.7 cm³/mol. The number of hydrogen-bond acceptors (Lipinski definition) is 3. The van der Waals surface area contributed by atoms with E-state index in [1.165, 1.54) is 18.2 Å². The summed E-state index contributed by atoms with van der Waals surface area (Å²) >= 11 is 0. The zero-order valence-corrected chi connectivity index (χ0v) is 10.8. The Kier molecular flexibility index (Phi) is 4.15. The third-order valence-corrected chi connectivity index (χ3v) is 2.65. The number of rotatable bonds is 5. The molecule has 2 aromatic rings. The average Bonchev–Trinajstić information content (AvgIpc) is 2.88. The molecule has 112 valence electrons. The van der Waals surface area contributed by atoms with Crippen LogP contribution in [0, 0.1) is 0 Å². The first-order chi connectivity index (χ1) is 9.85. The van der Waals surface area contributed by atoms with Crippen molar-refractivity contribution in [3.05, 3.63) is 36.0 Å². The van der Waals surface area contributed by atoms with Crippen molar-refractivity contribution in [2.75, 3.05) is 6.61 Å². The summed E-state index contributed by atoms with van der Waals surface area (Å²) in [6.45, 7) is -0.433.